The molecule has 1 saturated carbocycles. The number of aromatic amines is 1. The number of nitrogens with zero attached hydrogens (tertiary/aromatic N) is 5. The monoisotopic (exact) mass is 1880 g/mol. The zero-order valence-electron chi connectivity index (χ0n) is 65.2. The van der Waals surface area contributed by atoms with Crippen molar-refractivity contribution in [2.24, 2.45) is 11.7 Å². The Hall–Kier alpha value is -6.02. The van der Waals surface area contributed by atoms with E-state index in [9.17, 15) is 61.6 Å². The number of benzene rings is 5. The number of morpholine rings is 3. The maximum atomic E-state index is 13.5. The molecule has 0 radical (unpaired) electrons. The highest BCUT2D eigenvalue weighted by molar-refractivity contribution is 8.13. The van der Waals surface area contributed by atoms with Crippen LogP contribution in [0.2, 0.25) is 10.0 Å². The molecule has 0 spiro atoms. The Morgan fingerprint density at radius 2 is 0.975 bits per heavy atom. The summed E-state index contributed by atoms with van der Waals surface area (Å²) in [5.41, 5.74) is 11.0. The number of hydrogen-bond donors (Lipinski definition) is 3. The fourth-order valence-corrected chi connectivity index (χ4v) is 13.3. The molecule has 6 aromatic rings. The van der Waals surface area contributed by atoms with Gasteiger partial charge in [0.05, 0.1) is 108 Å². The number of esters is 3. The molecule has 1 atom stereocenters. The molecule has 3 saturated heterocycles. The van der Waals surface area contributed by atoms with E-state index in [4.69, 9.17) is 69.3 Å². The zero-order chi connectivity index (χ0) is 83.3. The van der Waals surface area contributed by atoms with E-state index in [1.165, 1.54) is 65.7 Å². The van der Waals surface area contributed by atoms with Gasteiger partial charge in [0.15, 0.2) is 23.9 Å². The highest BCUT2D eigenvalue weighted by atomic mass is 35.7. The predicted molar refractivity (Wildman–Crippen MR) is 455 cm³/mol. The Morgan fingerprint density at radius 1 is 0.593 bits per heavy atom. The summed E-state index contributed by atoms with van der Waals surface area (Å²) < 4.78 is 162. The average molecular weight is 1890 g/mol. The second kappa shape index (κ2) is 57.4. The van der Waals surface area contributed by atoms with Gasteiger partial charge in [-0.1, -0.05) is 85.2 Å². The van der Waals surface area contributed by atoms with Gasteiger partial charge < -0.3 is 54.2 Å². The lowest BCUT2D eigenvalue weighted by Gasteiger charge is -2.29. The number of H-pyrrole nitrogens is 1. The first-order chi connectivity index (χ1) is 53.4. The number of carboxylic acids is 1. The Labute approximate surface area is 728 Å². The van der Waals surface area contributed by atoms with Gasteiger partial charge in [0.2, 0.25) is 39.1 Å². The van der Waals surface area contributed by atoms with Crippen molar-refractivity contribution in [3.63, 3.8) is 0 Å². The molecule has 0 bridgehead atoms. The van der Waals surface area contributed by atoms with Gasteiger partial charge >= 0.3 is 30.5 Å². The number of halogens is 9. The highest BCUT2D eigenvalue weighted by Gasteiger charge is 2.28. The molecule has 43 heteroatoms. The van der Waals surface area contributed by atoms with Crippen molar-refractivity contribution in [1.29, 1.82) is 0 Å². The van der Waals surface area contributed by atoms with Crippen molar-refractivity contribution in [3.05, 3.63) is 193 Å². The number of aromatic carboxylic acids is 1. The molecule has 5 aromatic carbocycles. The van der Waals surface area contributed by atoms with Crippen LogP contribution in [0.15, 0.2) is 128 Å². The highest BCUT2D eigenvalue weighted by Crippen LogP contribution is 2.38. The van der Waals surface area contributed by atoms with Crippen molar-refractivity contribution in [2.75, 3.05) is 163 Å². The van der Waals surface area contributed by atoms with Gasteiger partial charge in [-0.15, -0.1) is 48.8 Å². The van der Waals surface area contributed by atoms with E-state index in [-0.39, 0.29) is 105 Å². The minimum absolute atomic E-state index is 0. The topological polar surface area (TPSA) is 397 Å². The molecule has 30 nitrogen and oxygen atoms in total. The van der Waals surface area contributed by atoms with Crippen LogP contribution in [0, 0.1) is 5.92 Å². The smallest absolute Gasteiger partial charge is 0.387 e. The second-order valence-corrected chi connectivity index (χ2v) is 35.9. The van der Waals surface area contributed by atoms with Crippen LogP contribution in [-0.2, 0) is 100 Å². The Bertz CT molecular complexity index is 4390. The molecule has 1 aromatic heterocycles. The molecule has 1 aliphatic carbocycles. The molecule has 3 aliphatic heterocycles. The van der Waals surface area contributed by atoms with Gasteiger partial charge in [0.1, 0.15) is 16.1 Å². The molecule has 4 fully saturated rings. The van der Waals surface area contributed by atoms with Crippen LogP contribution < -0.4 is 24.9 Å². The van der Waals surface area contributed by atoms with Gasteiger partial charge in [-0.05, 0) is 107 Å². The van der Waals surface area contributed by atoms with Crippen LogP contribution in [0.25, 0.3) is 0 Å². The van der Waals surface area contributed by atoms with Crippen molar-refractivity contribution >= 4 is 146 Å². The molecular weight excluding hydrogens is 1780 g/mol. The van der Waals surface area contributed by atoms with Gasteiger partial charge in [0, 0.05) is 127 Å². The lowest BCUT2D eigenvalue weighted by Crippen LogP contribution is -2.42. The predicted octanol–water partition coefficient (Wildman–Crippen LogP) is 9.83. The normalized spacial score (nSPS) is 14.5. The largest absolute Gasteiger partial charge is 0.870 e. The minimum atomic E-state index is -3.49. The lowest BCUT2D eigenvalue weighted by molar-refractivity contribution is -0.377. The molecule has 4 aliphatic rings. The molecule has 6 N–H and O–H groups in total. The quantitative estimate of drug-likeness (QED) is 0.0158. The first-order valence-electron chi connectivity index (χ1n) is 35.4. The van der Waals surface area contributed by atoms with Crippen LogP contribution in [0.5, 0.6) is 11.5 Å². The third-order valence-electron chi connectivity index (χ3n) is 17.0. The number of alkyl halides is 3. The summed E-state index contributed by atoms with van der Waals surface area (Å²) in [5, 5.41) is 9.53. The van der Waals surface area contributed by atoms with Crippen LogP contribution in [0.1, 0.15) is 101 Å². The van der Waals surface area contributed by atoms with Crippen molar-refractivity contribution < 1.29 is 115 Å². The third-order valence-corrected chi connectivity index (χ3v) is 21.0. The number of nitrogens with one attached hydrogen (secondary N) is 2. The summed E-state index contributed by atoms with van der Waals surface area (Å²) in [6.07, 6.45) is 8.59. The van der Waals surface area contributed by atoms with Crippen molar-refractivity contribution in [3.8, 4) is 11.5 Å². The van der Waals surface area contributed by atoms with E-state index in [1.807, 2.05) is 12.1 Å². The van der Waals surface area contributed by atoms with E-state index in [0.29, 0.717) is 110 Å². The number of pyridine rings is 1. The molecule has 0 amide bonds. The Kier molecular flexibility index (Phi) is 54.4. The second-order valence-electron chi connectivity index (χ2n) is 25.9. The number of sulfonamides is 3. The van der Waals surface area contributed by atoms with Crippen molar-refractivity contribution in [1.82, 2.24) is 28.0 Å². The summed E-state index contributed by atoms with van der Waals surface area (Å²) in [6, 6.07) is 30.7. The number of ether oxygens (including phenoxy) is 8. The maximum absolute atomic E-state index is 13.5. The number of aromatic nitrogens is 1. The molecule has 10 rings (SSSR count). The molecule has 4 heterocycles. The number of carbonyl (C=O) groups excluding carboxylic acids is 3. The number of nitrogens with two attached hydrogens (primary N) is 1. The van der Waals surface area contributed by atoms with Crippen LogP contribution in [0.3, 0.4) is 0 Å². The Balaban J connectivity index is 0.00000162. The average Bonchev–Trinajstić information content (AvgIpc) is 1.39. The maximum Gasteiger partial charge on any atom is 0.387 e. The fourth-order valence-electron chi connectivity index (χ4n) is 10.5. The van der Waals surface area contributed by atoms with Crippen molar-refractivity contribution in [2.45, 2.75) is 65.6 Å². The first-order valence-corrected chi connectivity index (χ1v) is 45.0. The van der Waals surface area contributed by atoms with Gasteiger partial charge in [-0.25, -0.2) is 62.6 Å². The van der Waals surface area contributed by atoms with Crippen LogP contribution >= 0.6 is 82.7 Å². The lowest BCUT2D eigenvalue weighted by atomic mass is 10.0. The summed E-state index contributed by atoms with van der Waals surface area (Å²) in [5.74, 6) is -1.34. The fraction of sp³-hybridized carbons (Fsp3) is 0.480. The van der Waals surface area contributed by atoms with E-state index in [1.54, 1.807) is 85.2 Å². The summed E-state index contributed by atoms with van der Waals surface area (Å²) >= 11 is 18.4. The van der Waals surface area contributed by atoms with Crippen LogP contribution in [-0.4, -0.2) is 261 Å². The minimum Gasteiger partial charge on any atom is -0.870 e. The van der Waals surface area contributed by atoms with Crippen LogP contribution in [0.4, 0.5) is 8.78 Å². The number of carboxylic acid groups (broad SMARTS) is 1. The number of rotatable bonds is 31. The summed E-state index contributed by atoms with van der Waals surface area (Å²) in [4.78, 5) is 55.9. The van der Waals surface area contributed by atoms with Gasteiger partial charge in [-0.3, -0.25) is 14.7 Å². The standard InChI is InChI=1S/C33H37Cl2F2N3O7S.C15H22N2O5S.C10H13NO4S.C9H11NO2.C6H12ClNO.CH3ClO2S.CH4.3ClH.H2O/c1-48(42,43)40(11-10-39-12-14-44-15-13-39)20-22-4-6-24(7-5-22)32(41)46-30(17-26-27(34)18-38-19-28(26)35)25-8-9-29(47-33(36)37)31(16-25)45-21-23-2-3-23;1-23(20,21)17(7-6-16-8-10-22-11-9-16)12-13-2-4-14(5-3-13)15(18)19;1-15-10(12)9-5-3-8(4-6-9)7-11-16(2,13)14;1-12-9(11)8-4-2-7(6-10)3-5-8;7-1-2-8-3-5-9-6-4-8;1-5(2,3)4;;;;;/h4-9,16,18-19,23,30,33H,2-3,10-15,17,20-21H2,1H3;2-5H,6-12H2,1H3,(H,18,19);3-6,11H,7H2,1-2H3;2-5H,6,10H2,1H3;1-6H2;1H3;1H4;3*1H;1H2/t30-;;;;;;;;;;/m0........../s1. The first kappa shape index (κ1) is 112. The Morgan fingerprint density at radius 3 is 1.33 bits per heavy atom. The van der Waals surface area contributed by atoms with E-state index >= 15 is 0 Å². The summed E-state index contributed by atoms with van der Waals surface area (Å²) in [7, 11) is -6.04. The SMILES string of the molecule is C.COC(=O)c1ccc(CN)cc1.COC(=O)c1ccc(CNS(C)(=O)=O)cc1.CS(=O)(=O)Cl.CS(=O)(=O)N(CCN1CCOCC1)Cc1ccc(C(=O)O)cc1.CS(=O)(=O)N(CCN1CCOCC1)Cc1ccc(C(=O)O[C@@H](Cc2c(Cl)c[nH+]cc2Cl)c2ccc(OC(F)F)c(OCC3CC3)c2)cc1.Cl.Cl.Cl.ClCCN1CCOCC1.[OH-]. The number of hydrogen-bond acceptors (Lipinski definition) is 25. The number of methoxy groups -OCH3 is 2. The summed E-state index contributed by atoms with van der Waals surface area (Å²) in [6.45, 7) is 10.9. The van der Waals surface area contributed by atoms with Gasteiger partial charge in [0.25, 0.3) is 0 Å². The third kappa shape index (κ3) is 45.2. The zero-order valence-corrected chi connectivity index (χ0v) is 74.0. The molecular formula is C75H107Cl7F2N8O22S4. The molecule has 0 unspecified atom stereocenters. The van der Waals surface area contributed by atoms with Gasteiger partial charge in [-0.2, -0.15) is 17.4 Å². The van der Waals surface area contributed by atoms with E-state index in [0.717, 1.165) is 107 Å². The number of carbonyl (C=O) groups is 4. The molecule has 118 heavy (non-hydrogen) atoms. The molecule has 666 valence electrons. The van der Waals surface area contributed by atoms with E-state index < -0.39 is 69.7 Å². The van der Waals surface area contributed by atoms with E-state index in [2.05, 4.69) is 49.3 Å².